The molecule has 1 aromatic carbocycles. The molecule has 8 nitrogen and oxygen atoms in total. The van der Waals surface area contributed by atoms with Crippen LogP contribution in [0.2, 0.25) is 5.02 Å². The SMILES string of the molecule is CC(C)C[C@H](NC(=O)CNC(=O)c1cc(F)c(Cl)cc1F)B1OCCN(CCO)CCO1. The van der Waals surface area contributed by atoms with Crippen molar-refractivity contribution in [3.8, 4) is 0 Å². The molecule has 0 aromatic heterocycles. The molecule has 32 heavy (non-hydrogen) atoms. The molecule has 0 saturated carbocycles. The van der Waals surface area contributed by atoms with Crippen molar-refractivity contribution in [1.29, 1.82) is 0 Å². The van der Waals surface area contributed by atoms with Crippen molar-refractivity contribution >= 4 is 30.5 Å². The Morgan fingerprint density at radius 1 is 1.22 bits per heavy atom. The molecule has 2 rings (SSSR count). The van der Waals surface area contributed by atoms with E-state index in [0.717, 1.165) is 0 Å². The maximum Gasteiger partial charge on any atom is 0.480 e. The van der Waals surface area contributed by atoms with E-state index in [2.05, 4.69) is 10.6 Å². The Bertz CT molecular complexity index is 780. The van der Waals surface area contributed by atoms with Crippen LogP contribution in [0.4, 0.5) is 8.78 Å². The second kappa shape index (κ2) is 13.1. The standard InChI is InChI=1S/C20H29BClF2N3O5/c1-13(2)9-18(21-31-7-4-27(3-6-28)5-8-32-21)26-19(29)12-25-20(30)14-10-17(24)15(22)11-16(14)23/h10-11,13,18,28H,3-9,12H2,1-2H3,(H,25,30)(H,26,29)/t18-/m0/s1. The predicted octanol–water partition coefficient (Wildman–Crippen LogP) is 1.25. The van der Waals surface area contributed by atoms with Gasteiger partial charge in [0, 0.05) is 32.8 Å². The predicted molar refractivity (Wildman–Crippen MR) is 116 cm³/mol. The minimum atomic E-state index is -0.987. The van der Waals surface area contributed by atoms with Crippen molar-refractivity contribution in [2.45, 2.75) is 26.2 Å². The molecule has 0 radical (unpaired) electrons. The van der Waals surface area contributed by atoms with Gasteiger partial charge in [-0.1, -0.05) is 25.4 Å². The summed E-state index contributed by atoms with van der Waals surface area (Å²) in [6, 6.07) is 1.39. The average Bonchev–Trinajstić information content (AvgIpc) is 2.70. The zero-order valence-corrected chi connectivity index (χ0v) is 19.0. The fraction of sp³-hybridized carbons (Fsp3) is 0.600. The van der Waals surface area contributed by atoms with E-state index in [1.54, 1.807) is 0 Å². The van der Waals surface area contributed by atoms with Gasteiger partial charge in [0.2, 0.25) is 5.91 Å². The maximum absolute atomic E-state index is 13.9. The maximum atomic E-state index is 13.9. The van der Waals surface area contributed by atoms with Gasteiger partial charge >= 0.3 is 7.12 Å². The number of hydrogen-bond donors (Lipinski definition) is 3. The first-order valence-corrected chi connectivity index (χ1v) is 10.9. The smallest absolute Gasteiger partial charge is 0.408 e. The first kappa shape index (κ1) is 26.5. The number of amides is 2. The summed E-state index contributed by atoms with van der Waals surface area (Å²) >= 11 is 5.49. The summed E-state index contributed by atoms with van der Waals surface area (Å²) in [5.74, 6) is -3.61. The number of benzene rings is 1. The summed E-state index contributed by atoms with van der Waals surface area (Å²) < 4.78 is 39.0. The van der Waals surface area contributed by atoms with E-state index >= 15 is 0 Å². The third kappa shape index (κ3) is 8.29. The Morgan fingerprint density at radius 3 is 2.47 bits per heavy atom. The van der Waals surface area contributed by atoms with Gasteiger partial charge in [0.1, 0.15) is 11.6 Å². The molecule has 1 fully saturated rings. The average molecular weight is 476 g/mol. The highest BCUT2D eigenvalue weighted by Gasteiger charge is 2.33. The monoisotopic (exact) mass is 475 g/mol. The number of halogens is 3. The number of β-amino-alcohol motifs (C(OH)–C–C–N with tert-alkyl or cyclic N) is 1. The van der Waals surface area contributed by atoms with Gasteiger partial charge in [0.05, 0.1) is 29.7 Å². The number of carbonyl (C=O) groups excluding carboxylic acids is 2. The van der Waals surface area contributed by atoms with E-state index in [1.165, 1.54) is 0 Å². The largest absolute Gasteiger partial charge is 0.480 e. The number of rotatable bonds is 9. The van der Waals surface area contributed by atoms with Gasteiger partial charge in [-0.2, -0.15) is 0 Å². The Balaban J connectivity index is 1.93. The zero-order valence-electron chi connectivity index (χ0n) is 18.2. The van der Waals surface area contributed by atoms with Crippen LogP contribution < -0.4 is 10.6 Å². The zero-order chi connectivity index (χ0) is 23.7. The minimum Gasteiger partial charge on any atom is -0.408 e. The first-order chi connectivity index (χ1) is 15.2. The summed E-state index contributed by atoms with van der Waals surface area (Å²) in [6.45, 7) is 6.11. The van der Waals surface area contributed by atoms with Crippen LogP contribution in [-0.2, 0) is 14.1 Å². The lowest BCUT2D eigenvalue weighted by molar-refractivity contribution is -0.120. The number of carbonyl (C=O) groups is 2. The number of hydrogen-bond acceptors (Lipinski definition) is 6. The lowest BCUT2D eigenvalue weighted by atomic mass is 9.73. The molecule has 1 atom stereocenters. The molecule has 1 aliphatic heterocycles. The van der Waals surface area contributed by atoms with Gasteiger partial charge in [0.15, 0.2) is 0 Å². The molecule has 1 aliphatic rings. The Labute approximate surface area is 191 Å². The van der Waals surface area contributed by atoms with E-state index in [9.17, 15) is 18.4 Å². The van der Waals surface area contributed by atoms with Gasteiger partial charge in [-0.15, -0.1) is 0 Å². The molecule has 1 saturated heterocycles. The number of nitrogens with zero attached hydrogens (tertiary/aromatic N) is 1. The molecule has 178 valence electrons. The highest BCUT2D eigenvalue weighted by atomic mass is 35.5. The molecule has 1 heterocycles. The van der Waals surface area contributed by atoms with Gasteiger partial charge in [-0.25, -0.2) is 8.78 Å². The van der Waals surface area contributed by atoms with Crippen LogP contribution in [-0.4, -0.2) is 80.9 Å². The highest BCUT2D eigenvalue weighted by molar-refractivity contribution is 6.47. The van der Waals surface area contributed by atoms with Crippen LogP contribution >= 0.6 is 11.6 Å². The lowest BCUT2D eigenvalue weighted by Crippen LogP contribution is -2.54. The fourth-order valence-corrected chi connectivity index (χ4v) is 3.46. The third-order valence-electron chi connectivity index (χ3n) is 4.86. The van der Waals surface area contributed by atoms with Crippen molar-refractivity contribution in [2.24, 2.45) is 5.92 Å². The minimum absolute atomic E-state index is 0.0493. The van der Waals surface area contributed by atoms with Crippen LogP contribution in [0.5, 0.6) is 0 Å². The van der Waals surface area contributed by atoms with E-state index in [-0.39, 0.29) is 12.5 Å². The van der Waals surface area contributed by atoms with Crippen LogP contribution in [0.15, 0.2) is 12.1 Å². The highest BCUT2D eigenvalue weighted by Crippen LogP contribution is 2.19. The van der Waals surface area contributed by atoms with Crippen molar-refractivity contribution in [2.75, 3.05) is 46.0 Å². The molecule has 12 heteroatoms. The van der Waals surface area contributed by atoms with Crippen molar-refractivity contribution < 1.29 is 32.8 Å². The van der Waals surface area contributed by atoms with Gasteiger partial charge in [0.25, 0.3) is 5.91 Å². The van der Waals surface area contributed by atoms with Crippen LogP contribution in [0.25, 0.3) is 0 Å². The lowest BCUT2D eigenvalue weighted by Gasteiger charge is -2.31. The van der Waals surface area contributed by atoms with Crippen molar-refractivity contribution in [1.82, 2.24) is 15.5 Å². The van der Waals surface area contributed by atoms with Crippen LogP contribution in [0, 0.1) is 17.6 Å². The van der Waals surface area contributed by atoms with Gasteiger partial charge in [-0.05, 0) is 24.5 Å². The number of nitrogens with one attached hydrogen (secondary N) is 2. The summed E-state index contributed by atoms with van der Waals surface area (Å²) in [7, 11) is -0.670. The van der Waals surface area contributed by atoms with E-state index < -0.39 is 53.6 Å². The van der Waals surface area contributed by atoms with Crippen LogP contribution in [0.1, 0.15) is 30.6 Å². The number of aliphatic hydroxyl groups excluding tert-OH is 1. The summed E-state index contributed by atoms with van der Waals surface area (Å²) in [4.78, 5) is 26.6. The summed E-state index contributed by atoms with van der Waals surface area (Å²) in [6.07, 6.45) is 0.571. The van der Waals surface area contributed by atoms with E-state index in [0.29, 0.717) is 51.4 Å². The summed E-state index contributed by atoms with van der Waals surface area (Å²) in [5, 5.41) is 13.7. The van der Waals surface area contributed by atoms with E-state index in [4.69, 9.17) is 26.0 Å². The molecule has 2 amide bonds. The molecule has 0 bridgehead atoms. The molecule has 3 N–H and O–H groups in total. The Morgan fingerprint density at radius 2 is 1.88 bits per heavy atom. The number of aliphatic hydroxyl groups is 1. The Hall–Kier alpha value is -1.79. The van der Waals surface area contributed by atoms with Gasteiger partial charge < -0.3 is 25.0 Å². The fourth-order valence-electron chi connectivity index (χ4n) is 3.31. The normalized spacial score (nSPS) is 16.4. The molecule has 0 aliphatic carbocycles. The molecular weight excluding hydrogens is 446 g/mol. The topological polar surface area (TPSA) is 100 Å². The molecule has 1 aromatic rings. The Kier molecular flexibility index (Phi) is 10.8. The van der Waals surface area contributed by atoms with Crippen molar-refractivity contribution in [3.63, 3.8) is 0 Å². The molecule has 0 spiro atoms. The third-order valence-corrected chi connectivity index (χ3v) is 5.15. The van der Waals surface area contributed by atoms with E-state index in [1.807, 2.05) is 18.7 Å². The van der Waals surface area contributed by atoms with Crippen LogP contribution in [0.3, 0.4) is 0 Å². The first-order valence-electron chi connectivity index (χ1n) is 10.5. The molecule has 0 unspecified atom stereocenters. The summed E-state index contributed by atoms with van der Waals surface area (Å²) in [5.41, 5.74) is -0.544. The quantitative estimate of drug-likeness (QED) is 0.367. The second-order valence-corrected chi connectivity index (χ2v) is 8.31. The molecular formula is C20H29BClF2N3O5. The second-order valence-electron chi connectivity index (χ2n) is 7.91. The van der Waals surface area contributed by atoms with Gasteiger partial charge in [-0.3, -0.25) is 14.5 Å². The van der Waals surface area contributed by atoms with Crippen molar-refractivity contribution in [3.05, 3.63) is 34.4 Å².